The van der Waals surface area contributed by atoms with E-state index in [1.54, 1.807) is 24.3 Å². The maximum atomic E-state index is 11.9. The molecule has 20 heavy (non-hydrogen) atoms. The van der Waals surface area contributed by atoms with Crippen LogP contribution in [0.25, 0.3) is 0 Å². The summed E-state index contributed by atoms with van der Waals surface area (Å²) in [7, 11) is -3.83. The van der Waals surface area contributed by atoms with E-state index in [1.165, 1.54) is 6.92 Å². The van der Waals surface area contributed by atoms with Crippen LogP contribution in [-0.4, -0.2) is 19.3 Å². The number of amides is 1. The number of nitrogens with two attached hydrogens (primary N) is 1. The van der Waals surface area contributed by atoms with Gasteiger partial charge in [0, 0.05) is 10.6 Å². The van der Waals surface area contributed by atoms with Gasteiger partial charge in [0.15, 0.2) is 9.34 Å². The lowest BCUT2D eigenvalue weighted by atomic mass is 10.2. The molecule has 1 aromatic carbocycles. The number of hydrogen-bond donors (Lipinski definition) is 2. The number of rotatable bonds is 3. The summed E-state index contributed by atoms with van der Waals surface area (Å²) in [6.07, 6.45) is 0. The molecule has 6 nitrogen and oxygen atoms in total. The van der Waals surface area contributed by atoms with Gasteiger partial charge < -0.3 is 0 Å². The Morgan fingerprint density at radius 1 is 1.35 bits per heavy atom. The number of nitrogens with one attached hydrogen (secondary N) is 1. The number of benzene rings is 1. The minimum atomic E-state index is -3.83. The molecule has 0 bridgehead atoms. The summed E-state index contributed by atoms with van der Waals surface area (Å²) in [5, 5.41) is 8.25. The normalized spacial score (nSPS) is 11.3. The highest BCUT2D eigenvalue weighted by Crippen LogP contribution is 2.26. The number of carbonyl (C=O) groups is 1. The predicted octanol–water partition coefficient (Wildman–Crippen LogP) is 2.00. The molecule has 0 aliphatic heterocycles. The molecule has 0 fully saturated rings. The van der Waals surface area contributed by atoms with Crippen molar-refractivity contribution < 1.29 is 13.2 Å². The first-order chi connectivity index (χ1) is 9.27. The van der Waals surface area contributed by atoms with Gasteiger partial charge in [-0.15, -0.1) is 0 Å². The molecule has 0 radical (unpaired) electrons. The highest BCUT2D eigenvalue weighted by Gasteiger charge is 2.19. The summed E-state index contributed by atoms with van der Waals surface area (Å²) in [6.45, 7) is 1.51. The molecule has 1 aromatic heterocycles. The summed E-state index contributed by atoms with van der Waals surface area (Å²) in [5.41, 5.74) is 0.642. The molecule has 3 N–H and O–H groups in total. The van der Waals surface area contributed by atoms with Gasteiger partial charge in [0.05, 0.1) is 5.69 Å². The van der Waals surface area contributed by atoms with E-state index in [2.05, 4.69) is 10.3 Å². The Morgan fingerprint density at radius 2 is 1.95 bits per heavy atom. The van der Waals surface area contributed by atoms with E-state index in [9.17, 15) is 13.2 Å². The Bertz CT molecular complexity index is 754. The van der Waals surface area contributed by atoms with Gasteiger partial charge in [-0.25, -0.2) is 18.5 Å². The fourth-order valence-corrected chi connectivity index (χ4v) is 3.45. The van der Waals surface area contributed by atoms with Crippen molar-refractivity contribution >= 4 is 44.0 Å². The molecule has 0 aliphatic carbocycles. The van der Waals surface area contributed by atoms with Crippen LogP contribution < -0.4 is 10.5 Å². The number of hydrogen-bond acceptors (Lipinski definition) is 5. The smallest absolute Gasteiger partial charge is 0.257 e. The molecule has 1 heterocycles. The number of aryl methyl sites for hydroxylation is 1. The quantitative estimate of drug-likeness (QED) is 0.897. The van der Waals surface area contributed by atoms with Crippen molar-refractivity contribution in [3.63, 3.8) is 0 Å². The highest BCUT2D eigenvalue weighted by molar-refractivity contribution is 7.91. The molecule has 0 unspecified atom stereocenters. The zero-order valence-corrected chi connectivity index (χ0v) is 12.6. The molecule has 1 amide bonds. The van der Waals surface area contributed by atoms with Crippen LogP contribution in [-0.2, 0) is 10.0 Å². The van der Waals surface area contributed by atoms with Gasteiger partial charge in [-0.05, 0) is 31.2 Å². The van der Waals surface area contributed by atoms with Crippen LogP contribution in [0.5, 0.6) is 0 Å². The molecule has 0 aliphatic rings. The monoisotopic (exact) mass is 331 g/mol. The average Bonchev–Trinajstić information content (AvgIpc) is 2.70. The predicted molar refractivity (Wildman–Crippen MR) is 77.6 cm³/mol. The Morgan fingerprint density at radius 3 is 2.45 bits per heavy atom. The molecular formula is C11H10ClN3O3S2. The topological polar surface area (TPSA) is 102 Å². The van der Waals surface area contributed by atoms with Gasteiger partial charge in [0.25, 0.3) is 5.91 Å². The second kappa shape index (κ2) is 5.49. The lowest BCUT2D eigenvalue weighted by Crippen LogP contribution is -2.11. The molecule has 106 valence electrons. The largest absolute Gasteiger partial charge is 0.298 e. The SMILES string of the molecule is Cc1nc(NC(=O)c2ccc(Cl)cc2)sc1S(N)(=O)=O. The van der Waals surface area contributed by atoms with Crippen molar-refractivity contribution in [2.75, 3.05) is 5.32 Å². The summed E-state index contributed by atoms with van der Waals surface area (Å²) >= 11 is 6.54. The Kier molecular flexibility index (Phi) is 4.09. The van der Waals surface area contributed by atoms with Gasteiger partial charge in [-0.2, -0.15) is 0 Å². The first-order valence-electron chi connectivity index (χ1n) is 5.34. The van der Waals surface area contributed by atoms with Crippen molar-refractivity contribution in [1.82, 2.24) is 4.98 Å². The third-order valence-corrected chi connectivity index (χ3v) is 5.22. The van der Waals surface area contributed by atoms with Crippen LogP contribution in [0.2, 0.25) is 5.02 Å². The summed E-state index contributed by atoms with van der Waals surface area (Å²) in [5.74, 6) is -0.406. The molecule has 0 saturated carbocycles. The van der Waals surface area contributed by atoms with Crippen LogP contribution in [0.15, 0.2) is 28.5 Å². The third-order valence-electron chi connectivity index (χ3n) is 2.34. The minimum Gasteiger partial charge on any atom is -0.298 e. The fourth-order valence-electron chi connectivity index (χ4n) is 1.47. The maximum absolute atomic E-state index is 11.9. The van der Waals surface area contributed by atoms with Gasteiger partial charge in [-0.3, -0.25) is 10.1 Å². The van der Waals surface area contributed by atoms with Crippen molar-refractivity contribution in [3.8, 4) is 0 Å². The van der Waals surface area contributed by atoms with E-state index < -0.39 is 15.9 Å². The van der Waals surface area contributed by atoms with Crippen molar-refractivity contribution in [2.45, 2.75) is 11.1 Å². The molecule has 0 saturated heterocycles. The average molecular weight is 332 g/mol. The molecule has 0 atom stereocenters. The highest BCUT2D eigenvalue weighted by atomic mass is 35.5. The number of halogens is 1. The number of anilines is 1. The van der Waals surface area contributed by atoms with Crippen LogP contribution in [0.3, 0.4) is 0 Å². The second-order valence-electron chi connectivity index (χ2n) is 3.90. The number of nitrogens with zero attached hydrogens (tertiary/aromatic N) is 1. The van der Waals surface area contributed by atoms with Crippen LogP contribution >= 0.6 is 22.9 Å². The van der Waals surface area contributed by atoms with Gasteiger partial charge in [0.1, 0.15) is 0 Å². The summed E-state index contributed by atoms with van der Waals surface area (Å²) < 4.78 is 22.5. The lowest BCUT2D eigenvalue weighted by molar-refractivity contribution is 0.102. The van der Waals surface area contributed by atoms with Gasteiger partial charge >= 0.3 is 0 Å². The van der Waals surface area contributed by atoms with E-state index in [0.717, 1.165) is 11.3 Å². The van der Waals surface area contributed by atoms with Crippen molar-refractivity contribution in [3.05, 3.63) is 40.5 Å². The van der Waals surface area contributed by atoms with E-state index in [4.69, 9.17) is 16.7 Å². The molecule has 0 spiro atoms. The number of thiazole rings is 1. The molecular weight excluding hydrogens is 322 g/mol. The summed E-state index contributed by atoms with van der Waals surface area (Å²) in [6, 6.07) is 6.27. The second-order valence-corrected chi connectivity index (χ2v) is 7.09. The van der Waals surface area contributed by atoms with Crippen LogP contribution in [0.1, 0.15) is 16.1 Å². The van der Waals surface area contributed by atoms with Crippen LogP contribution in [0, 0.1) is 6.92 Å². The fraction of sp³-hybridized carbons (Fsp3) is 0.0909. The third kappa shape index (κ3) is 3.34. The van der Waals surface area contributed by atoms with Crippen molar-refractivity contribution in [1.29, 1.82) is 0 Å². The molecule has 2 aromatic rings. The minimum absolute atomic E-state index is 0.0658. The Labute approximate surface area is 124 Å². The first kappa shape index (κ1) is 14.9. The number of primary sulfonamides is 1. The Hall–Kier alpha value is -1.48. The number of sulfonamides is 1. The maximum Gasteiger partial charge on any atom is 0.257 e. The van der Waals surface area contributed by atoms with Gasteiger partial charge in [0.2, 0.25) is 10.0 Å². The van der Waals surface area contributed by atoms with E-state index in [0.29, 0.717) is 10.6 Å². The first-order valence-corrected chi connectivity index (χ1v) is 8.08. The van der Waals surface area contributed by atoms with Crippen LogP contribution in [0.4, 0.5) is 5.13 Å². The lowest BCUT2D eigenvalue weighted by Gasteiger charge is -2.01. The molecule has 2 rings (SSSR count). The standard InChI is InChI=1S/C11H10ClN3O3S2/c1-6-10(20(13,17)18)19-11(14-6)15-9(16)7-2-4-8(12)5-3-7/h2-5H,1H3,(H2,13,17,18)(H,14,15,16). The number of aromatic nitrogens is 1. The summed E-state index contributed by atoms with van der Waals surface area (Å²) in [4.78, 5) is 15.9. The Balaban J connectivity index is 2.23. The zero-order valence-electron chi connectivity index (χ0n) is 10.3. The van der Waals surface area contributed by atoms with E-state index >= 15 is 0 Å². The van der Waals surface area contributed by atoms with E-state index in [-0.39, 0.29) is 15.0 Å². The molecule has 9 heteroatoms. The van der Waals surface area contributed by atoms with Crippen molar-refractivity contribution in [2.24, 2.45) is 5.14 Å². The van der Waals surface area contributed by atoms with E-state index in [1.807, 2.05) is 0 Å². The van der Waals surface area contributed by atoms with Gasteiger partial charge in [-0.1, -0.05) is 22.9 Å². The zero-order chi connectivity index (χ0) is 14.9. The number of carbonyl (C=O) groups excluding carboxylic acids is 1.